The molecule has 1 heterocycles. The summed E-state index contributed by atoms with van der Waals surface area (Å²) in [6, 6.07) is 13.9. The lowest BCUT2D eigenvalue weighted by Gasteiger charge is -2.16. The van der Waals surface area contributed by atoms with Gasteiger partial charge in [0, 0.05) is 29.7 Å². The van der Waals surface area contributed by atoms with Crippen LogP contribution < -0.4 is 10.6 Å². The fourth-order valence-corrected chi connectivity index (χ4v) is 4.59. The van der Waals surface area contributed by atoms with E-state index in [1.165, 1.54) is 24.4 Å². The molecule has 3 aromatic carbocycles. The fraction of sp³-hybridized carbons (Fsp3) is 0.185. The summed E-state index contributed by atoms with van der Waals surface area (Å²) >= 11 is 12.2. The molecule has 1 aromatic heterocycles. The molecule has 0 unspecified atom stereocenters. The van der Waals surface area contributed by atoms with Gasteiger partial charge in [-0.25, -0.2) is 4.39 Å². The molecule has 0 bridgehead atoms. The van der Waals surface area contributed by atoms with Crippen LogP contribution in [0.25, 0.3) is 22.0 Å². The number of hydrogen-bond donors (Lipinski definition) is 3. The first-order valence-corrected chi connectivity index (χ1v) is 12.0. The van der Waals surface area contributed by atoms with Crippen LogP contribution in [0.3, 0.4) is 0 Å². The number of carbonyl (C=O) groups is 1. The Hall–Kier alpha value is -3.19. The molecule has 0 radical (unpaired) electrons. The molecule has 35 heavy (non-hydrogen) atoms. The van der Waals surface area contributed by atoms with Crippen molar-refractivity contribution in [2.75, 3.05) is 12.4 Å². The minimum absolute atomic E-state index is 0.00441. The number of fused-ring (bicyclic) bond motifs is 1. The maximum absolute atomic E-state index is 15.3. The Morgan fingerprint density at radius 2 is 1.74 bits per heavy atom. The highest BCUT2D eigenvalue weighted by molar-refractivity contribution is 6.37. The summed E-state index contributed by atoms with van der Waals surface area (Å²) in [5.74, 6) is -0.817. The zero-order valence-corrected chi connectivity index (χ0v) is 20.3. The molecule has 178 valence electrons. The fourth-order valence-electron chi connectivity index (χ4n) is 4.10. The van der Waals surface area contributed by atoms with Crippen molar-refractivity contribution < 1.29 is 14.3 Å². The monoisotopic (exact) mass is 509 g/mol. The number of aromatic hydroxyl groups is 1. The topological polar surface area (TPSA) is 74.2 Å². The van der Waals surface area contributed by atoms with Gasteiger partial charge in [0.15, 0.2) is 11.5 Å². The number of rotatable bonds is 7. The minimum atomic E-state index is -0.546. The average Bonchev–Trinajstić information content (AvgIpc) is 3.69. The van der Waals surface area contributed by atoms with Crippen molar-refractivity contribution >= 4 is 51.3 Å². The number of phenols is 1. The standard InChI is InChI=1S/C27H22Cl2FN3O2/c1-31-12-14-2-6-18(7-3-14)33-24-19-8-16(17-9-21(28)27(35)22(29)10-17)11-23(30)25(19)32-13-20(24)26(34)15-4-5-15/h2-3,6-11,13,15,31,35H,4-5,12H2,1H3,(H,32,33). The first-order valence-electron chi connectivity index (χ1n) is 11.2. The van der Waals surface area contributed by atoms with Gasteiger partial charge in [-0.3, -0.25) is 9.78 Å². The molecule has 5 rings (SSSR count). The number of nitrogens with zero attached hydrogens (tertiary/aromatic N) is 1. The van der Waals surface area contributed by atoms with E-state index in [1.807, 2.05) is 31.3 Å². The van der Waals surface area contributed by atoms with Crippen molar-refractivity contribution in [1.82, 2.24) is 10.3 Å². The van der Waals surface area contributed by atoms with Crippen molar-refractivity contribution in [2.45, 2.75) is 19.4 Å². The summed E-state index contributed by atoms with van der Waals surface area (Å²) in [5, 5.41) is 17.0. The predicted octanol–water partition coefficient (Wildman–Crippen LogP) is 7.11. The normalized spacial score (nSPS) is 13.3. The van der Waals surface area contributed by atoms with E-state index in [4.69, 9.17) is 23.2 Å². The molecule has 8 heteroatoms. The van der Waals surface area contributed by atoms with Gasteiger partial charge in [0.1, 0.15) is 11.3 Å². The van der Waals surface area contributed by atoms with E-state index >= 15 is 4.39 Å². The minimum Gasteiger partial charge on any atom is -0.505 e. The number of aromatic nitrogens is 1. The summed E-state index contributed by atoms with van der Waals surface area (Å²) in [6.45, 7) is 0.732. The second kappa shape index (κ2) is 9.46. The third-order valence-corrected chi connectivity index (χ3v) is 6.67. The Balaban J connectivity index is 1.68. The largest absolute Gasteiger partial charge is 0.505 e. The van der Waals surface area contributed by atoms with E-state index < -0.39 is 5.82 Å². The lowest BCUT2D eigenvalue weighted by Crippen LogP contribution is -2.08. The number of Topliss-reactive ketones (excluding diaryl/α,β-unsaturated/α-hetero) is 1. The van der Waals surface area contributed by atoms with Gasteiger partial charge in [0.2, 0.25) is 0 Å². The molecule has 4 aromatic rings. The number of pyridine rings is 1. The molecule has 0 aliphatic heterocycles. The van der Waals surface area contributed by atoms with Crippen molar-refractivity contribution in [1.29, 1.82) is 0 Å². The molecule has 0 spiro atoms. The number of nitrogens with one attached hydrogen (secondary N) is 2. The van der Waals surface area contributed by atoms with Gasteiger partial charge in [-0.05, 0) is 73.0 Å². The highest BCUT2D eigenvalue weighted by Crippen LogP contribution is 2.41. The molecule has 5 nitrogen and oxygen atoms in total. The number of hydrogen-bond acceptors (Lipinski definition) is 5. The Morgan fingerprint density at radius 1 is 1.09 bits per heavy atom. The molecule has 1 aliphatic rings. The third-order valence-electron chi connectivity index (χ3n) is 6.09. The van der Waals surface area contributed by atoms with Gasteiger partial charge in [-0.2, -0.15) is 0 Å². The predicted molar refractivity (Wildman–Crippen MR) is 138 cm³/mol. The summed E-state index contributed by atoms with van der Waals surface area (Å²) in [4.78, 5) is 17.4. The van der Waals surface area contributed by atoms with Crippen LogP contribution in [0.1, 0.15) is 28.8 Å². The van der Waals surface area contributed by atoms with Crippen LogP contribution in [0.4, 0.5) is 15.8 Å². The lowest BCUT2D eigenvalue weighted by atomic mass is 9.98. The maximum Gasteiger partial charge on any atom is 0.169 e. The highest BCUT2D eigenvalue weighted by Gasteiger charge is 2.33. The Morgan fingerprint density at radius 3 is 2.37 bits per heavy atom. The van der Waals surface area contributed by atoms with Crippen LogP contribution in [0, 0.1) is 11.7 Å². The third kappa shape index (κ3) is 4.69. The molecule has 0 saturated heterocycles. The Labute approximate surface area is 211 Å². The number of anilines is 2. The van der Waals surface area contributed by atoms with Crippen molar-refractivity contribution in [3.63, 3.8) is 0 Å². The number of halogens is 3. The molecule has 0 atom stereocenters. The maximum atomic E-state index is 15.3. The van der Waals surface area contributed by atoms with Crippen molar-refractivity contribution in [3.05, 3.63) is 81.7 Å². The first kappa shape index (κ1) is 23.5. The van der Waals surface area contributed by atoms with E-state index in [0.29, 0.717) is 27.8 Å². The lowest BCUT2D eigenvalue weighted by molar-refractivity contribution is 0.0968. The quantitative estimate of drug-likeness (QED) is 0.231. The molecule has 1 aliphatic carbocycles. The number of carbonyl (C=O) groups excluding carboxylic acids is 1. The molecule has 1 fully saturated rings. The molecular weight excluding hydrogens is 488 g/mol. The highest BCUT2D eigenvalue weighted by atomic mass is 35.5. The molecule has 3 N–H and O–H groups in total. The van der Waals surface area contributed by atoms with Crippen LogP contribution >= 0.6 is 23.2 Å². The number of ketones is 1. The molecule has 1 saturated carbocycles. The SMILES string of the molecule is CNCc1ccc(Nc2c(C(=O)C3CC3)cnc3c(F)cc(-c4cc(Cl)c(O)c(Cl)c4)cc23)cc1. The van der Waals surface area contributed by atoms with Gasteiger partial charge in [-0.1, -0.05) is 35.3 Å². The average molecular weight is 510 g/mol. The zero-order valence-electron chi connectivity index (χ0n) is 18.8. The number of phenolic OH excluding ortho intramolecular Hbond substituents is 1. The summed E-state index contributed by atoms with van der Waals surface area (Å²) in [5.41, 5.74) is 3.97. The second-order valence-electron chi connectivity index (χ2n) is 8.68. The van der Waals surface area contributed by atoms with Crippen LogP contribution in [-0.4, -0.2) is 22.9 Å². The van der Waals surface area contributed by atoms with Gasteiger partial charge >= 0.3 is 0 Å². The van der Waals surface area contributed by atoms with E-state index in [-0.39, 0.29) is 33.0 Å². The summed E-state index contributed by atoms with van der Waals surface area (Å²) < 4.78 is 15.3. The summed E-state index contributed by atoms with van der Waals surface area (Å²) in [6.07, 6.45) is 3.14. The van der Waals surface area contributed by atoms with Gasteiger partial charge in [-0.15, -0.1) is 0 Å². The molecule has 0 amide bonds. The van der Waals surface area contributed by atoms with Gasteiger partial charge in [0.25, 0.3) is 0 Å². The zero-order chi connectivity index (χ0) is 24.7. The first-order chi connectivity index (χ1) is 16.9. The van der Waals surface area contributed by atoms with Crippen LogP contribution in [0.2, 0.25) is 10.0 Å². The van der Waals surface area contributed by atoms with E-state index in [2.05, 4.69) is 15.6 Å². The number of benzene rings is 3. The van der Waals surface area contributed by atoms with Crippen LogP contribution in [0.15, 0.2) is 54.7 Å². The van der Waals surface area contributed by atoms with Crippen LogP contribution in [-0.2, 0) is 6.54 Å². The van der Waals surface area contributed by atoms with Crippen LogP contribution in [0.5, 0.6) is 5.75 Å². The van der Waals surface area contributed by atoms with Gasteiger partial charge < -0.3 is 15.7 Å². The van der Waals surface area contributed by atoms with E-state index in [1.54, 1.807) is 6.07 Å². The summed E-state index contributed by atoms with van der Waals surface area (Å²) in [7, 11) is 1.88. The van der Waals surface area contributed by atoms with E-state index in [0.717, 1.165) is 30.6 Å². The van der Waals surface area contributed by atoms with Crippen molar-refractivity contribution in [2.24, 2.45) is 5.92 Å². The Kier molecular flexibility index (Phi) is 6.36. The Bertz CT molecular complexity index is 1430. The van der Waals surface area contributed by atoms with E-state index in [9.17, 15) is 9.90 Å². The van der Waals surface area contributed by atoms with Crippen molar-refractivity contribution in [3.8, 4) is 16.9 Å². The smallest absolute Gasteiger partial charge is 0.169 e. The molecular formula is C27H22Cl2FN3O2. The van der Waals surface area contributed by atoms with Gasteiger partial charge in [0.05, 0.1) is 21.3 Å². The second-order valence-corrected chi connectivity index (χ2v) is 9.49.